The molecule has 8 nitrogen and oxygen atoms in total. The topological polar surface area (TPSA) is 99.9 Å². The van der Waals surface area contributed by atoms with Gasteiger partial charge in [-0.05, 0) is 57.1 Å². The van der Waals surface area contributed by atoms with Gasteiger partial charge in [0.25, 0.3) is 5.89 Å². The van der Waals surface area contributed by atoms with E-state index in [9.17, 15) is 4.79 Å². The smallest absolute Gasteiger partial charge is 0.316 e. The molecule has 1 aromatic carbocycles. The number of carbonyl (C=O) groups is 1. The van der Waals surface area contributed by atoms with Gasteiger partial charge in [-0.3, -0.25) is 4.79 Å². The summed E-state index contributed by atoms with van der Waals surface area (Å²) in [5.74, 6) is 1.29. The number of likely N-dealkylation sites (tertiary alicyclic amines) is 1. The number of hydrogen-bond acceptors (Lipinski definition) is 6. The number of nitrogens with one attached hydrogen (secondary N) is 2. The fourth-order valence-electron chi connectivity index (χ4n) is 4.12. The molecule has 0 bridgehead atoms. The van der Waals surface area contributed by atoms with Crippen molar-refractivity contribution in [1.29, 1.82) is 0 Å². The fraction of sp³-hybridized carbons (Fsp3) is 0.500. The highest BCUT2D eigenvalue weighted by Gasteiger charge is 2.45. The van der Waals surface area contributed by atoms with Crippen LogP contribution in [0.15, 0.2) is 22.6 Å². The molecule has 3 heterocycles. The first-order valence-electron chi connectivity index (χ1n) is 9.88. The number of rotatable bonds is 4. The van der Waals surface area contributed by atoms with Crippen molar-refractivity contribution in [2.45, 2.75) is 45.6 Å². The molecule has 1 saturated carbocycles. The Morgan fingerprint density at radius 3 is 2.79 bits per heavy atom. The number of imidazole rings is 1. The number of para-hydroxylation sites is 1. The van der Waals surface area contributed by atoms with Gasteiger partial charge < -0.3 is 19.6 Å². The van der Waals surface area contributed by atoms with Crippen molar-refractivity contribution in [3.8, 4) is 11.5 Å². The first-order chi connectivity index (χ1) is 13.5. The number of carbonyl (C=O) groups excluding carboxylic acids is 1. The number of anilines is 1. The molecule has 2 fully saturated rings. The number of hydrogen-bond donors (Lipinski definition) is 2. The highest BCUT2D eigenvalue weighted by atomic mass is 16.4. The second-order valence-electron chi connectivity index (χ2n) is 8.13. The van der Waals surface area contributed by atoms with Gasteiger partial charge in [0.15, 0.2) is 0 Å². The summed E-state index contributed by atoms with van der Waals surface area (Å²) in [6, 6.07) is 5.61. The summed E-state index contributed by atoms with van der Waals surface area (Å²) >= 11 is 0. The molecule has 8 heteroatoms. The Morgan fingerprint density at radius 2 is 2.04 bits per heavy atom. The van der Waals surface area contributed by atoms with E-state index in [1.807, 2.05) is 36.9 Å². The minimum atomic E-state index is -0.412. The molecule has 1 spiro atoms. The molecule has 2 N–H and O–H groups in total. The Labute approximate surface area is 162 Å². The largest absolute Gasteiger partial charge is 0.403 e. The number of aromatic nitrogens is 4. The van der Waals surface area contributed by atoms with Gasteiger partial charge in [-0.1, -0.05) is 11.2 Å². The van der Waals surface area contributed by atoms with E-state index in [1.54, 1.807) is 0 Å². The van der Waals surface area contributed by atoms with Gasteiger partial charge in [0.2, 0.25) is 5.91 Å². The van der Waals surface area contributed by atoms with Crippen LogP contribution in [0.25, 0.3) is 22.5 Å². The van der Waals surface area contributed by atoms with Crippen molar-refractivity contribution in [2.24, 2.45) is 5.41 Å². The normalized spacial score (nSPS) is 19.1. The van der Waals surface area contributed by atoms with Crippen LogP contribution < -0.4 is 5.32 Å². The van der Waals surface area contributed by atoms with Crippen LogP contribution in [-0.4, -0.2) is 50.1 Å². The maximum absolute atomic E-state index is 12.7. The first kappa shape index (κ1) is 17.2. The zero-order chi connectivity index (χ0) is 19.3. The van der Waals surface area contributed by atoms with Crippen LogP contribution in [0.1, 0.15) is 38.4 Å². The van der Waals surface area contributed by atoms with Gasteiger partial charge in [-0.15, -0.1) is 5.10 Å². The molecule has 0 unspecified atom stereocenters. The third kappa shape index (κ3) is 3.02. The fourth-order valence-corrected chi connectivity index (χ4v) is 4.12. The lowest BCUT2D eigenvalue weighted by Crippen LogP contribution is -2.45. The Balaban J connectivity index is 1.29. The summed E-state index contributed by atoms with van der Waals surface area (Å²) in [6.07, 6.45) is 4.91. The van der Waals surface area contributed by atoms with Gasteiger partial charge in [-0.25, -0.2) is 4.98 Å². The van der Waals surface area contributed by atoms with Crippen LogP contribution >= 0.6 is 0 Å². The van der Waals surface area contributed by atoms with E-state index in [0.717, 1.165) is 48.4 Å². The number of amides is 1. The summed E-state index contributed by atoms with van der Waals surface area (Å²) < 4.78 is 5.78. The molecular formula is C20H24N6O2. The molecule has 2 aliphatic rings. The summed E-state index contributed by atoms with van der Waals surface area (Å²) in [5.41, 5.74) is 3.04. The maximum Gasteiger partial charge on any atom is 0.316 e. The highest BCUT2D eigenvalue weighted by Crippen LogP contribution is 2.53. The van der Waals surface area contributed by atoms with E-state index in [1.165, 1.54) is 12.8 Å². The number of aryl methyl sites for hydroxylation is 1. The molecule has 1 atom stereocenters. The van der Waals surface area contributed by atoms with E-state index >= 15 is 0 Å². The summed E-state index contributed by atoms with van der Waals surface area (Å²) in [4.78, 5) is 22.4. The lowest BCUT2D eigenvalue weighted by molar-refractivity contribution is -0.133. The van der Waals surface area contributed by atoms with Crippen molar-refractivity contribution in [2.75, 3.05) is 18.4 Å². The average molecular weight is 380 g/mol. The maximum atomic E-state index is 12.7. The SMILES string of the molecule is Cc1nc2c(-c3nnc(N[C@H](C)C(=O)N4CCC5(CC4)CC5)o3)cccc2[nH]1. The molecule has 1 amide bonds. The summed E-state index contributed by atoms with van der Waals surface area (Å²) in [7, 11) is 0. The van der Waals surface area contributed by atoms with Gasteiger partial charge in [0.05, 0.1) is 11.1 Å². The van der Waals surface area contributed by atoms with Crippen LogP contribution in [0.5, 0.6) is 0 Å². The predicted octanol–water partition coefficient (Wildman–Crippen LogP) is 3.12. The Kier molecular flexibility index (Phi) is 3.89. The van der Waals surface area contributed by atoms with Crippen LogP contribution in [0.2, 0.25) is 0 Å². The number of piperidine rings is 1. The second kappa shape index (κ2) is 6.32. The Morgan fingerprint density at radius 1 is 1.25 bits per heavy atom. The van der Waals surface area contributed by atoms with Crippen LogP contribution in [0, 0.1) is 12.3 Å². The molecule has 28 heavy (non-hydrogen) atoms. The summed E-state index contributed by atoms with van der Waals surface area (Å²) in [6.45, 7) is 5.44. The zero-order valence-electron chi connectivity index (χ0n) is 16.2. The first-order valence-corrected chi connectivity index (χ1v) is 9.88. The highest BCUT2D eigenvalue weighted by molar-refractivity contribution is 5.89. The second-order valence-corrected chi connectivity index (χ2v) is 8.13. The van der Waals surface area contributed by atoms with Crippen LogP contribution in [0.3, 0.4) is 0 Å². The number of fused-ring (bicyclic) bond motifs is 1. The molecule has 0 radical (unpaired) electrons. The Hall–Kier alpha value is -2.90. The third-order valence-corrected chi connectivity index (χ3v) is 6.09. The van der Waals surface area contributed by atoms with Crippen molar-refractivity contribution in [3.05, 3.63) is 24.0 Å². The number of nitrogens with zero attached hydrogens (tertiary/aromatic N) is 4. The lowest BCUT2D eigenvalue weighted by atomic mass is 9.93. The molecule has 3 aromatic rings. The van der Waals surface area contributed by atoms with E-state index < -0.39 is 6.04 Å². The quantitative estimate of drug-likeness (QED) is 0.721. The molecule has 1 aliphatic carbocycles. The molecular weight excluding hydrogens is 356 g/mol. The van der Waals surface area contributed by atoms with Gasteiger partial charge in [0.1, 0.15) is 17.4 Å². The van der Waals surface area contributed by atoms with Crippen molar-refractivity contribution >= 4 is 23.0 Å². The number of aromatic amines is 1. The van der Waals surface area contributed by atoms with E-state index in [-0.39, 0.29) is 11.9 Å². The molecule has 5 rings (SSSR count). The average Bonchev–Trinajstić information content (AvgIpc) is 3.11. The minimum Gasteiger partial charge on any atom is -0.403 e. The molecule has 146 valence electrons. The van der Waals surface area contributed by atoms with Crippen molar-refractivity contribution in [3.63, 3.8) is 0 Å². The molecule has 1 aliphatic heterocycles. The molecule has 1 saturated heterocycles. The van der Waals surface area contributed by atoms with Crippen molar-refractivity contribution < 1.29 is 9.21 Å². The van der Waals surface area contributed by atoms with E-state index in [2.05, 4.69) is 25.5 Å². The Bertz CT molecular complexity index is 1020. The van der Waals surface area contributed by atoms with Gasteiger partial charge in [0, 0.05) is 13.1 Å². The van der Waals surface area contributed by atoms with Crippen LogP contribution in [-0.2, 0) is 4.79 Å². The monoisotopic (exact) mass is 380 g/mol. The predicted molar refractivity (Wildman–Crippen MR) is 105 cm³/mol. The number of H-pyrrole nitrogens is 1. The van der Waals surface area contributed by atoms with Gasteiger partial charge >= 0.3 is 6.01 Å². The zero-order valence-corrected chi connectivity index (χ0v) is 16.2. The van der Waals surface area contributed by atoms with Gasteiger partial charge in [-0.2, -0.15) is 0 Å². The van der Waals surface area contributed by atoms with E-state index in [0.29, 0.717) is 11.3 Å². The third-order valence-electron chi connectivity index (χ3n) is 6.09. The number of benzene rings is 1. The van der Waals surface area contributed by atoms with Crippen molar-refractivity contribution in [1.82, 2.24) is 25.1 Å². The van der Waals surface area contributed by atoms with E-state index in [4.69, 9.17) is 4.42 Å². The van der Waals surface area contributed by atoms with Crippen LogP contribution in [0.4, 0.5) is 6.01 Å². The lowest BCUT2D eigenvalue weighted by Gasteiger charge is -2.33. The molecule has 2 aromatic heterocycles. The summed E-state index contributed by atoms with van der Waals surface area (Å²) in [5, 5.41) is 11.3. The standard InChI is InChI=1S/C20H24N6O2/c1-12(18(27)26-10-8-20(6-7-20)9-11-26)21-19-25-24-17(28-19)14-4-3-5-15-16(14)23-13(2)22-15/h3-5,12H,6-11H2,1-2H3,(H,21,25)(H,22,23)/t12-/m1/s1. The minimum absolute atomic E-state index is 0.0836.